The molecule has 0 saturated carbocycles. The van der Waals surface area contributed by atoms with E-state index in [-0.39, 0.29) is 22.4 Å². The molecule has 132 valence electrons. The highest BCUT2D eigenvalue weighted by Gasteiger charge is 2.34. The number of carbonyl (C=O) groups excluding carboxylic acids is 1. The van der Waals surface area contributed by atoms with Crippen LogP contribution in [-0.4, -0.2) is 60.3 Å². The highest BCUT2D eigenvalue weighted by atomic mass is 32.2. The van der Waals surface area contributed by atoms with Crippen LogP contribution in [0.3, 0.4) is 0 Å². The largest absolute Gasteiger partial charge is 0.480 e. The van der Waals surface area contributed by atoms with Crippen LogP contribution in [0.5, 0.6) is 0 Å². The predicted octanol–water partition coefficient (Wildman–Crippen LogP) is 1.40. The van der Waals surface area contributed by atoms with Crippen LogP contribution >= 0.6 is 0 Å². The molecule has 24 heavy (non-hydrogen) atoms. The lowest BCUT2D eigenvalue weighted by Gasteiger charge is -2.22. The van der Waals surface area contributed by atoms with Crippen LogP contribution in [0.15, 0.2) is 29.2 Å². The molecule has 1 aliphatic rings. The second kappa shape index (κ2) is 6.90. The van der Waals surface area contributed by atoms with Gasteiger partial charge < -0.3 is 10.0 Å². The first-order valence-electron chi connectivity index (χ1n) is 7.78. The number of benzene rings is 1. The van der Waals surface area contributed by atoms with E-state index in [1.807, 2.05) is 0 Å². The number of rotatable bonds is 5. The summed E-state index contributed by atoms with van der Waals surface area (Å²) >= 11 is 0. The van der Waals surface area contributed by atoms with Crippen LogP contribution in [0, 0.1) is 0 Å². The molecule has 0 spiro atoms. The quantitative estimate of drug-likeness (QED) is 0.862. The number of carbonyl (C=O) groups is 2. The topological polar surface area (TPSA) is 95.0 Å². The van der Waals surface area contributed by atoms with E-state index in [2.05, 4.69) is 0 Å². The second-order valence-corrected chi connectivity index (χ2v) is 8.13. The monoisotopic (exact) mass is 354 g/mol. The summed E-state index contributed by atoms with van der Waals surface area (Å²) < 4.78 is 26.1. The van der Waals surface area contributed by atoms with Gasteiger partial charge in [-0.3, -0.25) is 4.79 Å². The summed E-state index contributed by atoms with van der Waals surface area (Å²) in [5.41, 5.74) is 0.286. The fourth-order valence-electron chi connectivity index (χ4n) is 2.65. The summed E-state index contributed by atoms with van der Waals surface area (Å²) in [6.07, 6.45) is 1.08. The van der Waals surface area contributed by atoms with E-state index in [4.69, 9.17) is 5.11 Å². The lowest BCUT2D eigenvalue weighted by Crippen LogP contribution is -2.40. The first-order chi connectivity index (χ1) is 11.2. The number of carboxylic acids is 1. The number of likely N-dealkylation sites (tertiary alicyclic amines) is 1. The van der Waals surface area contributed by atoms with Gasteiger partial charge in [0.25, 0.3) is 5.91 Å². The third kappa shape index (κ3) is 3.44. The molecular formula is C16H22N2O5S. The molecule has 1 fully saturated rings. The van der Waals surface area contributed by atoms with Gasteiger partial charge in [0.05, 0.1) is 4.90 Å². The van der Waals surface area contributed by atoms with Gasteiger partial charge in [0, 0.05) is 25.2 Å². The third-order valence-electron chi connectivity index (χ3n) is 4.30. The highest BCUT2D eigenvalue weighted by molar-refractivity contribution is 7.89. The van der Waals surface area contributed by atoms with Crippen LogP contribution in [0.1, 0.15) is 37.0 Å². The second-order valence-electron chi connectivity index (χ2n) is 6.13. The number of carboxylic acid groups (broad SMARTS) is 1. The summed E-state index contributed by atoms with van der Waals surface area (Å²) in [5, 5.41) is 9.16. The Labute approximate surface area is 141 Å². The lowest BCUT2D eigenvalue weighted by molar-refractivity contribution is -0.141. The summed E-state index contributed by atoms with van der Waals surface area (Å²) in [6, 6.07) is 4.63. The molecule has 0 radical (unpaired) electrons. The van der Waals surface area contributed by atoms with Crippen molar-refractivity contribution in [2.24, 2.45) is 0 Å². The lowest BCUT2D eigenvalue weighted by atomic mass is 10.1. The third-order valence-corrected chi connectivity index (χ3v) is 6.35. The zero-order valence-corrected chi connectivity index (χ0v) is 14.8. The molecule has 1 atom stereocenters. The van der Waals surface area contributed by atoms with Crippen LogP contribution in [0.2, 0.25) is 0 Å². The zero-order valence-electron chi connectivity index (χ0n) is 14.0. The van der Waals surface area contributed by atoms with Crippen LogP contribution < -0.4 is 0 Å². The van der Waals surface area contributed by atoms with Crippen molar-refractivity contribution in [3.05, 3.63) is 29.8 Å². The number of aliphatic carboxylic acids is 1. The molecular weight excluding hydrogens is 332 g/mol. The first-order valence-corrected chi connectivity index (χ1v) is 9.22. The average Bonchev–Trinajstić information content (AvgIpc) is 3.03. The first kappa shape index (κ1) is 18.4. The molecule has 2 rings (SSSR count). The highest BCUT2D eigenvalue weighted by Crippen LogP contribution is 2.22. The van der Waals surface area contributed by atoms with Crippen molar-refractivity contribution in [1.29, 1.82) is 0 Å². The van der Waals surface area contributed by atoms with Crippen molar-refractivity contribution in [1.82, 2.24) is 9.21 Å². The Kier molecular flexibility index (Phi) is 5.29. The molecule has 1 aromatic rings. The van der Waals surface area contributed by atoms with Crippen molar-refractivity contribution in [3.63, 3.8) is 0 Å². The number of sulfonamides is 1. The molecule has 1 amide bonds. The number of amides is 1. The minimum Gasteiger partial charge on any atom is -0.480 e. The van der Waals surface area contributed by atoms with E-state index in [0.29, 0.717) is 19.4 Å². The molecule has 0 aliphatic carbocycles. The van der Waals surface area contributed by atoms with E-state index in [1.165, 1.54) is 40.5 Å². The minimum absolute atomic E-state index is 0.103. The van der Waals surface area contributed by atoms with Gasteiger partial charge in [0.1, 0.15) is 6.04 Å². The van der Waals surface area contributed by atoms with E-state index in [1.54, 1.807) is 13.8 Å². The SMILES string of the molecule is CC(C)N(C)S(=O)(=O)c1ccc(C(=O)N2CCCC2C(=O)O)cc1. The summed E-state index contributed by atoms with van der Waals surface area (Å²) in [4.78, 5) is 25.1. The molecule has 1 aromatic carbocycles. The fraction of sp³-hybridized carbons (Fsp3) is 0.500. The van der Waals surface area contributed by atoms with Gasteiger partial charge in [-0.05, 0) is 51.0 Å². The minimum atomic E-state index is -3.61. The Morgan fingerprint density at radius 3 is 2.33 bits per heavy atom. The molecule has 1 aliphatic heterocycles. The molecule has 1 saturated heterocycles. The van der Waals surface area contributed by atoms with E-state index < -0.39 is 22.0 Å². The van der Waals surface area contributed by atoms with Crippen LogP contribution in [0.4, 0.5) is 0 Å². The van der Waals surface area contributed by atoms with Crippen molar-refractivity contribution >= 4 is 21.9 Å². The van der Waals surface area contributed by atoms with E-state index >= 15 is 0 Å². The van der Waals surface area contributed by atoms with Gasteiger partial charge in [-0.2, -0.15) is 4.31 Å². The maximum atomic E-state index is 12.5. The maximum Gasteiger partial charge on any atom is 0.326 e. The van der Waals surface area contributed by atoms with Crippen LogP contribution in [-0.2, 0) is 14.8 Å². The average molecular weight is 354 g/mol. The van der Waals surface area contributed by atoms with Crippen molar-refractivity contribution < 1.29 is 23.1 Å². The molecule has 1 heterocycles. The Balaban J connectivity index is 2.24. The molecule has 1 unspecified atom stereocenters. The predicted molar refractivity (Wildman–Crippen MR) is 88.2 cm³/mol. The Hall–Kier alpha value is -1.93. The van der Waals surface area contributed by atoms with Gasteiger partial charge in [-0.25, -0.2) is 13.2 Å². The van der Waals surface area contributed by atoms with Gasteiger partial charge in [-0.1, -0.05) is 0 Å². The number of nitrogens with zero attached hydrogens (tertiary/aromatic N) is 2. The van der Waals surface area contributed by atoms with E-state index in [9.17, 15) is 18.0 Å². The fourth-order valence-corrected chi connectivity index (χ4v) is 4.01. The Bertz CT molecular complexity index is 727. The van der Waals surface area contributed by atoms with Gasteiger partial charge in [0.2, 0.25) is 10.0 Å². The maximum absolute atomic E-state index is 12.5. The molecule has 0 aromatic heterocycles. The van der Waals surface area contributed by atoms with Gasteiger partial charge in [-0.15, -0.1) is 0 Å². The Morgan fingerprint density at radius 2 is 1.83 bits per heavy atom. The standard InChI is InChI=1S/C16H22N2O5S/c1-11(2)17(3)24(22,23)13-8-6-12(7-9-13)15(19)18-10-4-5-14(18)16(20)21/h6-9,11,14H,4-5,10H2,1-3H3,(H,20,21). The molecule has 1 N–H and O–H groups in total. The van der Waals surface area contributed by atoms with E-state index in [0.717, 1.165) is 0 Å². The van der Waals surface area contributed by atoms with Crippen molar-refractivity contribution in [2.75, 3.05) is 13.6 Å². The summed E-state index contributed by atoms with van der Waals surface area (Å²) in [7, 11) is -2.11. The summed E-state index contributed by atoms with van der Waals surface area (Å²) in [6.45, 7) is 3.94. The number of hydrogen-bond acceptors (Lipinski definition) is 4. The number of hydrogen-bond donors (Lipinski definition) is 1. The van der Waals surface area contributed by atoms with Crippen LogP contribution in [0.25, 0.3) is 0 Å². The van der Waals surface area contributed by atoms with Crippen molar-refractivity contribution in [2.45, 2.75) is 43.7 Å². The normalized spacial score (nSPS) is 18.4. The molecule has 8 heteroatoms. The zero-order chi connectivity index (χ0) is 18.1. The van der Waals surface area contributed by atoms with Crippen molar-refractivity contribution in [3.8, 4) is 0 Å². The summed E-state index contributed by atoms with van der Waals surface area (Å²) in [5.74, 6) is -1.40. The molecule has 7 nitrogen and oxygen atoms in total. The van der Waals surface area contributed by atoms with Gasteiger partial charge >= 0.3 is 5.97 Å². The Morgan fingerprint density at radius 1 is 1.25 bits per heavy atom. The molecule has 0 bridgehead atoms. The van der Waals surface area contributed by atoms with Gasteiger partial charge in [0.15, 0.2) is 0 Å². The smallest absolute Gasteiger partial charge is 0.326 e.